The lowest BCUT2D eigenvalue weighted by Crippen LogP contribution is -2.36. The van der Waals surface area contributed by atoms with Crippen LogP contribution in [0.2, 0.25) is 0 Å². The van der Waals surface area contributed by atoms with E-state index in [4.69, 9.17) is 9.15 Å². The first kappa shape index (κ1) is 16.1. The van der Waals surface area contributed by atoms with Gasteiger partial charge < -0.3 is 19.8 Å². The van der Waals surface area contributed by atoms with Gasteiger partial charge in [0.15, 0.2) is 10.4 Å². The predicted octanol–water partition coefficient (Wildman–Crippen LogP) is 2.10. The Hall–Kier alpha value is -2.28. The zero-order valence-electron chi connectivity index (χ0n) is 11.9. The summed E-state index contributed by atoms with van der Waals surface area (Å²) in [7, 11) is 1.59. The number of rotatable bonds is 6. The molecular weight excluding hydrogens is 352 g/mol. The normalized spacial score (nSPS) is 10.1. The van der Waals surface area contributed by atoms with Crippen molar-refractivity contribution in [1.82, 2.24) is 10.6 Å². The lowest BCUT2D eigenvalue weighted by molar-refractivity contribution is -0.120. The minimum Gasteiger partial charge on any atom is -0.497 e. The van der Waals surface area contributed by atoms with Crippen LogP contribution in [0.1, 0.15) is 16.1 Å². The van der Waals surface area contributed by atoms with Crippen LogP contribution >= 0.6 is 15.9 Å². The van der Waals surface area contributed by atoms with Gasteiger partial charge in [-0.2, -0.15) is 0 Å². The Kier molecular flexibility index (Phi) is 5.60. The molecule has 2 aromatic rings. The van der Waals surface area contributed by atoms with E-state index in [1.54, 1.807) is 13.2 Å². The fraction of sp³-hybridized carbons (Fsp3) is 0.200. The monoisotopic (exact) mass is 366 g/mol. The lowest BCUT2D eigenvalue weighted by Gasteiger charge is -2.07. The van der Waals surface area contributed by atoms with Crippen LogP contribution in [0.5, 0.6) is 5.75 Å². The molecule has 2 rings (SSSR count). The molecule has 1 aromatic carbocycles. The third-order valence-corrected chi connectivity index (χ3v) is 3.28. The van der Waals surface area contributed by atoms with Gasteiger partial charge >= 0.3 is 0 Å². The summed E-state index contributed by atoms with van der Waals surface area (Å²) >= 11 is 3.11. The molecule has 0 radical (unpaired) electrons. The van der Waals surface area contributed by atoms with E-state index in [1.165, 1.54) is 6.07 Å². The van der Waals surface area contributed by atoms with Gasteiger partial charge in [-0.25, -0.2) is 0 Å². The molecule has 0 aliphatic heterocycles. The summed E-state index contributed by atoms with van der Waals surface area (Å²) in [6.45, 7) is 0.262. The maximum atomic E-state index is 11.7. The summed E-state index contributed by atoms with van der Waals surface area (Å²) in [4.78, 5) is 23.4. The van der Waals surface area contributed by atoms with Crippen LogP contribution in [0.15, 0.2) is 45.5 Å². The van der Waals surface area contributed by atoms with Crippen LogP contribution < -0.4 is 15.4 Å². The second kappa shape index (κ2) is 7.65. The molecule has 0 spiro atoms. The predicted molar refractivity (Wildman–Crippen MR) is 83.6 cm³/mol. The van der Waals surface area contributed by atoms with Crippen LogP contribution in [0.4, 0.5) is 0 Å². The molecule has 0 aliphatic carbocycles. The molecular formula is C15H15BrN2O4. The average molecular weight is 367 g/mol. The van der Waals surface area contributed by atoms with Crippen molar-refractivity contribution in [1.29, 1.82) is 0 Å². The van der Waals surface area contributed by atoms with Gasteiger partial charge in [-0.05, 0) is 45.8 Å². The van der Waals surface area contributed by atoms with Crippen molar-refractivity contribution < 1.29 is 18.7 Å². The number of carbonyl (C=O) groups excluding carboxylic acids is 2. The maximum absolute atomic E-state index is 11.7. The summed E-state index contributed by atoms with van der Waals surface area (Å²) < 4.78 is 10.6. The summed E-state index contributed by atoms with van der Waals surface area (Å²) in [5.74, 6) is 0.182. The zero-order valence-corrected chi connectivity index (χ0v) is 13.5. The molecule has 1 heterocycles. The van der Waals surface area contributed by atoms with E-state index < -0.39 is 5.91 Å². The van der Waals surface area contributed by atoms with Crippen molar-refractivity contribution in [3.05, 3.63) is 52.4 Å². The molecule has 2 N–H and O–H groups in total. The minimum absolute atomic E-state index is 0.118. The zero-order chi connectivity index (χ0) is 15.9. The molecule has 0 saturated heterocycles. The standard InChI is InChI=1S/C15H15BrN2O4/c1-21-11-4-2-10(3-5-11)8-17-14(19)9-18-15(20)12-6-7-13(16)22-12/h2-7H,8-9H2,1H3,(H,17,19)(H,18,20). The second-order valence-corrected chi connectivity index (χ2v) is 5.19. The van der Waals surface area contributed by atoms with Crippen molar-refractivity contribution >= 4 is 27.7 Å². The van der Waals surface area contributed by atoms with Gasteiger partial charge in [-0.15, -0.1) is 0 Å². The van der Waals surface area contributed by atoms with E-state index in [0.717, 1.165) is 11.3 Å². The number of hydrogen-bond donors (Lipinski definition) is 2. The first-order valence-corrected chi connectivity index (χ1v) is 7.31. The molecule has 2 amide bonds. The van der Waals surface area contributed by atoms with Crippen LogP contribution in [0, 0.1) is 0 Å². The molecule has 0 unspecified atom stereocenters. The molecule has 0 atom stereocenters. The Morgan fingerprint density at radius 2 is 1.86 bits per heavy atom. The average Bonchev–Trinajstić information content (AvgIpc) is 2.97. The SMILES string of the molecule is COc1ccc(CNC(=O)CNC(=O)c2ccc(Br)o2)cc1. The number of amides is 2. The number of nitrogens with one attached hydrogen (secondary N) is 2. The van der Waals surface area contributed by atoms with Crippen molar-refractivity contribution in [3.63, 3.8) is 0 Å². The minimum atomic E-state index is -0.440. The van der Waals surface area contributed by atoms with Gasteiger partial charge in [0.25, 0.3) is 5.91 Å². The number of ether oxygens (including phenoxy) is 1. The van der Waals surface area contributed by atoms with E-state index in [9.17, 15) is 9.59 Å². The third-order valence-electron chi connectivity index (χ3n) is 2.86. The van der Waals surface area contributed by atoms with Crippen LogP contribution in [0.3, 0.4) is 0 Å². The van der Waals surface area contributed by atoms with Gasteiger partial charge in [-0.3, -0.25) is 9.59 Å². The number of hydrogen-bond acceptors (Lipinski definition) is 4. The highest BCUT2D eigenvalue weighted by Gasteiger charge is 2.11. The number of halogens is 1. The molecule has 0 aliphatic rings. The van der Waals surface area contributed by atoms with E-state index in [1.807, 2.05) is 24.3 Å². The third kappa shape index (κ3) is 4.63. The fourth-order valence-corrected chi connectivity index (χ4v) is 2.00. The van der Waals surface area contributed by atoms with Gasteiger partial charge in [0.05, 0.1) is 13.7 Å². The van der Waals surface area contributed by atoms with E-state index in [0.29, 0.717) is 11.2 Å². The van der Waals surface area contributed by atoms with Crippen molar-refractivity contribution in [2.45, 2.75) is 6.54 Å². The second-order valence-electron chi connectivity index (χ2n) is 4.41. The Morgan fingerprint density at radius 1 is 1.14 bits per heavy atom. The topological polar surface area (TPSA) is 80.6 Å². The summed E-state index contributed by atoms with van der Waals surface area (Å²) in [6, 6.07) is 10.5. The fourth-order valence-electron chi connectivity index (χ4n) is 1.69. The van der Waals surface area contributed by atoms with Crippen molar-refractivity contribution in [2.75, 3.05) is 13.7 Å². The number of carbonyl (C=O) groups is 2. The number of methoxy groups -OCH3 is 1. The lowest BCUT2D eigenvalue weighted by atomic mass is 10.2. The highest BCUT2D eigenvalue weighted by molar-refractivity contribution is 9.10. The largest absolute Gasteiger partial charge is 0.497 e. The van der Waals surface area contributed by atoms with E-state index in [-0.39, 0.29) is 18.2 Å². The number of furan rings is 1. The maximum Gasteiger partial charge on any atom is 0.287 e. The smallest absolute Gasteiger partial charge is 0.287 e. The first-order valence-electron chi connectivity index (χ1n) is 6.51. The Balaban J connectivity index is 1.74. The van der Waals surface area contributed by atoms with Gasteiger partial charge in [-0.1, -0.05) is 12.1 Å². The summed E-state index contributed by atoms with van der Waals surface area (Å²) in [5, 5.41) is 5.20. The van der Waals surface area contributed by atoms with Gasteiger partial charge in [0.2, 0.25) is 5.91 Å². The Labute approximate surface area is 136 Å². The Morgan fingerprint density at radius 3 is 2.45 bits per heavy atom. The van der Waals surface area contributed by atoms with E-state index in [2.05, 4.69) is 26.6 Å². The molecule has 1 aromatic heterocycles. The van der Waals surface area contributed by atoms with Crippen molar-refractivity contribution in [3.8, 4) is 5.75 Å². The molecule has 7 heteroatoms. The summed E-state index contributed by atoms with van der Waals surface area (Å²) in [5.41, 5.74) is 0.940. The van der Waals surface area contributed by atoms with Gasteiger partial charge in [0, 0.05) is 6.54 Å². The van der Waals surface area contributed by atoms with Crippen LogP contribution in [-0.2, 0) is 11.3 Å². The van der Waals surface area contributed by atoms with Gasteiger partial charge in [0.1, 0.15) is 5.75 Å². The Bertz CT molecular complexity index is 652. The molecule has 116 valence electrons. The molecule has 0 bridgehead atoms. The molecule has 22 heavy (non-hydrogen) atoms. The van der Waals surface area contributed by atoms with E-state index >= 15 is 0 Å². The summed E-state index contributed by atoms with van der Waals surface area (Å²) in [6.07, 6.45) is 0. The van der Waals surface area contributed by atoms with Crippen molar-refractivity contribution in [2.24, 2.45) is 0 Å². The molecule has 0 fully saturated rings. The highest BCUT2D eigenvalue weighted by atomic mass is 79.9. The highest BCUT2D eigenvalue weighted by Crippen LogP contribution is 2.13. The molecule has 0 saturated carbocycles. The van der Waals surface area contributed by atoms with Crippen LogP contribution in [-0.4, -0.2) is 25.5 Å². The first-order chi connectivity index (χ1) is 10.6. The quantitative estimate of drug-likeness (QED) is 0.820. The van der Waals surface area contributed by atoms with Crippen LogP contribution in [0.25, 0.3) is 0 Å². The number of benzene rings is 1. The molecule has 6 nitrogen and oxygen atoms in total.